The van der Waals surface area contributed by atoms with Crippen molar-refractivity contribution >= 4 is 18.4 Å². The first kappa shape index (κ1) is 17.7. The normalized spacial score (nSPS) is 12.5. The van der Waals surface area contributed by atoms with E-state index in [9.17, 15) is 18.0 Å². The molecule has 0 heterocycles. The van der Waals surface area contributed by atoms with Gasteiger partial charge in [-0.1, -0.05) is 12.1 Å². The van der Waals surface area contributed by atoms with Crippen molar-refractivity contribution in [2.75, 3.05) is 6.61 Å². The van der Waals surface area contributed by atoms with Gasteiger partial charge in [0.15, 0.2) is 0 Å². The van der Waals surface area contributed by atoms with Crippen molar-refractivity contribution < 1.29 is 22.7 Å². The largest absolute Gasteiger partial charge is 0.462 e. The Morgan fingerprint density at radius 1 is 1.47 bits per heavy atom. The van der Waals surface area contributed by atoms with E-state index in [1.165, 1.54) is 19.9 Å². The monoisotopic (exact) mass is 297 g/mol. The Morgan fingerprint density at radius 2 is 2.05 bits per heavy atom. The molecule has 0 amide bonds. The average molecular weight is 298 g/mol. The average Bonchev–Trinajstić information content (AvgIpc) is 2.32. The van der Waals surface area contributed by atoms with Gasteiger partial charge in [-0.05, 0) is 31.0 Å². The lowest BCUT2D eigenvalue weighted by molar-refractivity contribution is -0.174. The lowest BCUT2D eigenvalue weighted by atomic mass is 9.99. The third kappa shape index (κ3) is 3.84. The smallest absolute Gasteiger partial charge is 0.379 e. The van der Waals surface area contributed by atoms with Crippen LogP contribution in [0.5, 0.6) is 0 Å². The second-order valence-corrected chi connectivity index (χ2v) is 3.83. The zero-order chi connectivity index (χ0) is 13.9. The first-order chi connectivity index (χ1) is 8.30. The number of carbonyl (C=O) groups is 1. The van der Waals surface area contributed by atoms with Gasteiger partial charge in [0.2, 0.25) is 0 Å². The van der Waals surface area contributed by atoms with Crippen molar-refractivity contribution in [1.82, 2.24) is 0 Å². The molecule has 0 spiro atoms. The van der Waals surface area contributed by atoms with Crippen molar-refractivity contribution in [2.45, 2.75) is 25.8 Å². The highest BCUT2D eigenvalue weighted by Crippen LogP contribution is 2.31. The zero-order valence-electron chi connectivity index (χ0n) is 10.5. The lowest BCUT2D eigenvalue weighted by Crippen LogP contribution is -2.41. The number of ether oxygens (including phenoxy) is 1. The van der Waals surface area contributed by atoms with Crippen LogP contribution in [0.1, 0.15) is 24.1 Å². The zero-order valence-corrected chi connectivity index (χ0v) is 11.3. The van der Waals surface area contributed by atoms with Gasteiger partial charge in [-0.25, -0.2) is 9.18 Å². The summed E-state index contributed by atoms with van der Waals surface area (Å²) in [6.07, 6.45) is 0. The highest BCUT2D eigenvalue weighted by atomic mass is 35.5. The van der Waals surface area contributed by atoms with E-state index in [-0.39, 0.29) is 30.1 Å². The molecule has 0 fully saturated rings. The second kappa shape index (κ2) is 6.77. The van der Waals surface area contributed by atoms with Crippen LogP contribution in [-0.2, 0) is 9.53 Å². The van der Waals surface area contributed by atoms with Crippen molar-refractivity contribution in [3.8, 4) is 0 Å². The molecule has 0 aliphatic heterocycles. The topological polar surface area (TPSA) is 52.3 Å². The Balaban J connectivity index is 0.00000324. The van der Waals surface area contributed by atoms with Crippen LogP contribution in [0.3, 0.4) is 0 Å². The molecule has 3 nitrogen and oxygen atoms in total. The van der Waals surface area contributed by atoms with Gasteiger partial charge in [0.25, 0.3) is 0 Å². The summed E-state index contributed by atoms with van der Waals surface area (Å²) in [4.78, 5) is 11.1. The lowest BCUT2D eigenvalue weighted by Gasteiger charge is -2.22. The number of hydrogen-bond donors (Lipinski definition) is 1. The fourth-order valence-corrected chi connectivity index (χ4v) is 1.42. The number of nitrogens with two attached hydrogens (primary N) is 1. The van der Waals surface area contributed by atoms with Gasteiger partial charge in [-0.2, -0.15) is 8.78 Å². The molecule has 2 N–H and O–H groups in total. The molecule has 0 radical (unpaired) electrons. The number of alkyl halides is 2. The Labute approximate surface area is 115 Å². The molecule has 7 heteroatoms. The van der Waals surface area contributed by atoms with Crippen LogP contribution < -0.4 is 5.73 Å². The molecule has 0 aromatic heterocycles. The van der Waals surface area contributed by atoms with E-state index < -0.39 is 23.8 Å². The Hall–Kier alpha value is -1.27. The summed E-state index contributed by atoms with van der Waals surface area (Å²) in [5, 5.41) is 0. The molecular weight excluding hydrogens is 283 g/mol. The van der Waals surface area contributed by atoms with Crippen LogP contribution in [0.2, 0.25) is 0 Å². The maximum absolute atomic E-state index is 13.6. The number of hydrogen-bond acceptors (Lipinski definition) is 3. The summed E-state index contributed by atoms with van der Waals surface area (Å²) in [6.45, 7) is 2.68. The van der Waals surface area contributed by atoms with Crippen LogP contribution >= 0.6 is 12.4 Å². The van der Waals surface area contributed by atoms with Gasteiger partial charge in [0.1, 0.15) is 11.9 Å². The van der Waals surface area contributed by atoms with Gasteiger partial charge in [-0.15, -0.1) is 12.4 Å². The minimum absolute atomic E-state index is 0. The molecule has 19 heavy (non-hydrogen) atoms. The molecular formula is C12H15ClF3NO2. The summed E-state index contributed by atoms with van der Waals surface area (Å²) in [5.74, 6) is -6.05. The fraction of sp³-hybridized carbons (Fsp3) is 0.417. The van der Waals surface area contributed by atoms with E-state index in [1.807, 2.05) is 0 Å². The minimum Gasteiger partial charge on any atom is -0.462 e. The van der Waals surface area contributed by atoms with E-state index in [2.05, 4.69) is 4.74 Å². The molecule has 0 unspecified atom stereocenters. The van der Waals surface area contributed by atoms with Crippen molar-refractivity contribution in [3.63, 3.8) is 0 Å². The quantitative estimate of drug-likeness (QED) is 0.870. The summed E-state index contributed by atoms with van der Waals surface area (Å²) >= 11 is 0. The van der Waals surface area contributed by atoms with Gasteiger partial charge < -0.3 is 10.5 Å². The molecule has 108 valence electrons. The molecule has 0 saturated carbocycles. The number of benzene rings is 1. The second-order valence-electron chi connectivity index (χ2n) is 3.83. The summed E-state index contributed by atoms with van der Waals surface area (Å²) in [5.41, 5.74) is 5.51. The molecule has 1 aromatic rings. The minimum atomic E-state index is -3.85. The first-order valence-corrected chi connectivity index (χ1v) is 5.37. The van der Waals surface area contributed by atoms with E-state index in [0.29, 0.717) is 0 Å². The van der Waals surface area contributed by atoms with Crippen LogP contribution in [0.25, 0.3) is 0 Å². The van der Waals surface area contributed by atoms with Crippen molar-refractivity contribution in [1.29, 1.82) is 0 Å². The van der Waals surface area contributed by atoms with Gasteiger partial charge in [0.05, 0.1) is 6.61 Å². The van der Waals surface area contributed by atoms with Crippen LogP contribution in [-0.4, -0.2) is 18.5 Å². The molecule has 1 atom stereocenters. The molecule has 0 aliphatic rings. The Kier molecular flexibility index (Phi) is 6.32. The number of aryl methyl sites for hydroxylation is 1. The third-order valence-electron chi connectivity index (χ3n) is 2.48. The molecule has 1 rings (SSSR count). The number of rotatable bonds is 4. The van der Waals surface area contributed by atoms with E-state index in [0.717, 1.165) is 12.1 Å². The molecule has 0 aliphatic carbocycles. The highest BCUT2D eigenvalue weighted by molar-refractivity contribution is 5.85. The Bertz CT molecular complexity index is 455. The molecule has 0 bridgehead atoms. The van der Waals surface area contributed by atoms with Gasteiger partial charge in [-0.3, -0.25) is 0 Å². The number of carbonyl (C=O) groups excluding carboxylic acids is 1. The predicted molar refractivity (Wildman–Crippen MR) is 66.9 cm³/mol. The highest BCUT2D eigenvalue weighted by Gasteiger charge is 2.47. The van der Waals surface area contributed by atoms with E-state index >= 15 is 0 Å². The van der Waals surface area contributed by atoms with E-state index in [4.69, 9.17) is 5.73 Å². The van der Waals surface area contributed by atoms with Crippen molar-refractivity contribution in [2.24, 2.45) is 5.73 Å². The van der Waals surface area contributed by atoms with Crippen molar-refractivity contribution in [3.05, 3.63) is 35.1 Å². The standard InChI is InChI=1S/C12H14F3NO2.ClH/c1-3-18-11(17)12(14,15)10(16)8-4-5-9(13)7(2)6-8;/h4-6,10H,3,16H2,1-2H3;1H/t10-;/m0./s1. The van der Waals surface area contributed by atoms with Crippen LogP contribution in [0, 0.1) is 12.7 Å². The van der Waals surface area contributed by atoms with Gasteiger partial charge in [0, 0.05) is 0 Å². The SMILES string of the molecule is CCOC(=O)C(F)(F)[C@@H](N)c1ccc(F)c(C)c1.Cl. The van der Waals surface area contributed by atoms with Gasteiger partial charge >= 0.3 is 11.9 Å². The molecule has 0 saturated heterocycles. The fourth-order valence-electron chi connectivity index (χ4n) is 1.42. The number of halogens is 4. The summed E-state index contributed by atoms with van der Waals surface area (Å²) in [6, 6.07) is 1.48. The first-order valence-electron chi connectivity index (χ1n) is 5.37. The third-order valence-corrected chi connectivity index (χ3v) is 2.48. The maximum atomic E-state index is 13.6. The molecule has 1 aromatic carbocycles. The number of esters is 1. The van der Waals surface area contributed by atoms with E-state index in [1.54, 1.807) is 0 Å². The maximum Gasteiger partial charge on any atom is 0.379 e. The Morgan fingerprint density at radius 3 is 2.53 bits per heavy atom. The predicted octanol–water partition coefficient (Wildman–Crippen LogP) is 2.75. The van der Waals surface area contributed by atoms with Crippen LogP contribution in [0.15, 0.2) is 18.2 Å². The van der Waals surface area contributed by atoms with Crippen LogP contribution in [0.4, 0.5) is 13.2 Å². The summed E-state index contributed by atoms with van der Waals surface area (Å²) in [7, 11) is 0. The summed E-state index contributed by atoms with van der Waals surface area (Å²) < 4.78 is 44.5.